The first-order valence-corrected chi connectivity index (χ1v) is 7.23. The number of carbonyl (C=O) groups is 3. The van der Waals surface area contributed by atoms with Gasteiger partial charge in [-0.15, -0.1) is 0 Å². The Labute approximate surface area is 137 Å². The third kappa shape index (κ3) is 5.20. The van der Waals surface area contributed by atoms with E-state index in [1.54, 1.807) is 13.8 Å². The molecule has 1 aromatic rings. The molecule has 1 aromatic carbocycles. The summed E-state index contributed by atoms with van der Waals surface area (Å²) in [5.74, 6) is -2.49. The van der Waals surface area contributed by atoms with Crippen molar-refractivity contribution in [1.29, 1.82) is 0 Å². The summed E-state index contributed by atoms with van der Waals surface area (Å²) in [5.41, 5.74) is 0.251. The predicted molar refractivity (Wildman–Crippen MR) is 83.2 cm³/mol. The number of hydrogen-bond acceptors (Lipinski definition) is 3. The standard InChI is InChI=1S/C14H16Cl2N2O4/c1-7(2)12(14(21)22)18-11(19)6-17-13(20)8-3-4-9(15)10(16)5-8/h3-5,7,12H,6H2,1-2H3,(H,17,20)(H,18,19)(H,21,22)/t12-/m1/s1. The Morgan fingerprint density at radius 3 is 2.32 bits per heavy atom. The summed E-state index contributed by atoms with van der Waals surface area (Å²) < 4.78 is 0. The van der Waals surface area contributed by atoms with Crippen molar-refractivity contribution in [3.8, 4) is 0 Å². The van der Waals surface area contributed by atoms with E-state index in [0.29, 0.717) is 5.02 Å². The molecule has 0 spiro atoms. The minimum absolute atomic E-state index is 0.226. The summed E-state index contributed by atoms with van der Waals surface area (Å²) in [6.45, 7) is 3.01. The lowest BCUT2D eigenvalue weighted by molar-refractivity contribution is -0.142. The minimum atomic E-state index is -1.13. The second kappa shape index (κ2) is 8.00. The van der Waals surface area contributed by atoms with E-state index in [2.05, 4.69) is 10.6 Å². The lowest BCUT2D eigenvalue weighted by Crippen LogP contribution is -2.48. The number of nitrogens with one attached hydrogen (secondary N) is 2. The van der Waals surface area contributed by atoms with Gasteiger partial charge in [0.25, 0.3) is 5.91 Å². The maximum absolute atomic E-state index is 11.9. The number of carbonyl (C=O) groups excluding carboxylic acids is 2. The molecule has 0 fully saturated rings. The van der Waals surface area contributed by atoms with Crippen LogP contribution in [0.15, 0.2) is 18.2 Å². The van der Waals surface area contributed by atoms with Crippen LogP contribution in [0.3, 0.4) is 0 Å². The molecular formula is C14H16Cl2N2O4. The summed E-state index contributed by atoms with van der Waals surface area (Å²) in [7, 11) is 0. The first kappa shape index (κ1) is 18.3. The molecule has 0 unspecified atom stereocenters. The molecule has 3 N–H and O–H groups in total. The fourth-order valence-electron chi connectivity index (χ4n) is 1.64. The SMILES string of the molecule is CC(C)[C@@H](NC(=O)CNC(=O)c1ccc(Cl)c(Cl)c1)C(=O)O. The van der Waals surface area contributed by atoms with Crippen molar-refractivity contribution in [2.24, 2.45) is 5.92 Å². The van der Waals surface area contributed by atoms with Gasteiger partial charge in [-0.25, -0.2) is 4.79 Å². The molecule has 0 bridgehead atoms. The Morgan fingerprint density at radius 1 is 1.18 bits per heavy atom. The zero-order valence-corrected chi connectivity index (χ0v) is 13.5. The summed E-state index contributed by atoms with van der Waals surface area (Å²) in [6.07, 6.45) is 0. The molecule has 0 saturated heterocycles. The highest BCUT2D eigenvalue weighted by atomic mass is 35.5. The molecule has 1 atom stereocenters. The third-order valence-electron chi connectivity index (χ3n) is 2.84. The Kier molecular flexibility index (Phi) is 6.64. The Balaban J connectivity index is 2.58. The Morgan fingerprint density at radius 2 is 1.82 bits per heavy atom. The number of aliphatic carboxylic acids is 1. The maximum Gasteiger partial charge on any atom is 0.326 e. The van der Waals surface area contributed by atoms with Crippen LogP contribution in [0.5, 0.6) is 0 Å². The molecule has 0 aromatic heterocycles. The van der Waals surface area contributed by atoms with Crippen LogP contribution in [0.1, 0.15) is 24.2 Å². The van der Waals surface area contributed by atoms with Gasteiger partial charge in [-0.3, -0.25) is 9.59 Å². The number of amides is 2. The van der Waals surface area contributed by atoms with Crippen molar-refractivity contribution < 1.29 is 19.5 Å². The first-order valence-electron chi connectivity index (χ1n) is 6.47. The van der Waals surface area contributed by atoms with E-state index in [0.717, 1.165) is 0 Å². The van der Waals surface area contributed by atoms with Gasteiger partial charge in [0.2, 0.25) is 5.91 Å². The van der Waals surface area contributed by atoms with Crippen LogP contribution in [0, 0.1) is 5.92 Å². The number of halogens is 2. The summed E-state index contributed by atoms with van der Waals surface area (Å²) >= 11 is 11.5. The van der Waals surface area contributed by atoms with Gasteiger partial charge in [-0.05, 0) is 24.1 Å². The van der Waals surface area contributed by atoms with Crippen LogP contribution in [0.4, 0.5) is 0 Å². The van der Waals surface area contributed by atoms with E-state index in [-0.39, 0.29) is 23.0 Å². The molecule has 0 radical (unpaired) electrons. The fraction of sp³-hybridized carbons (Fsp3) is 0.357. The van der Waals surface area contributed by atoms with Gasteiger partial charge >= 0.3 is 5.97 Å². The van der Waals surface area contributed by atoms with E-state index < -0.39 is 23.8 Å². The highest BCUT2D eigenvalue weighted by Gasteiger charge is 2.23. The van der Waals surface area contributed by atoms with Gasteiger partial charge in [-0.2, -0.15) is 0 Å². The van der Waals surface area contributed by atoms with Gasteiger partial charge in [0.1, 0.15) is 6.04 Å². The Bertz CT molecular complexity index is 590. The van der Waals surface area contributed by atoms with E-state index in [1.165, 1.54) is 18.2 Å². The molecule has 120 valence electrons. The van der Waals surface area contributed by atoms with Crippen LogP contribution in [0.2, 0.25) is 10.0 Å². The van der Waals surface area contributed by atoms with Crippen molar-refractivity contribution in [2.45, 2.75) is 19.9 Å². The third-order valence-corrected chi connectivity index (χ3v) is 3.58. The van der Waals surface area contributed by atoms with E-state index in [4.69, 9.17) is 28.3 Å². The number of hydrogen-bond donors (Lipinski definition) is 3. The monoisotopic (exact) mass is 346 g/mol. The molecule has 0 heterocycles. The van der Waals surface area contributed by atoms with Gasteiger partial charge in [0.15, 0.2) is 0 Å². The molecule has 8 heteroatoms. The van der Waals surface area contributed by atoms with Crippen molar-refractivity contribution >= 4 is 41.0 Å². The second-order valence-electron chi connectivity index (χ2n) is 4.94. The summed E-state index contributed by atoms with van der Waals surface area (Å²) in [6, 6.07) is 3.31. The van der Waals surface area contributed by atoms with Crippen LogP contribution in [0.25, 0.3) is 0 Å². The van der Waals surface area contributed by atoms with E-state index >= 15 is 0 Å². The average Bonchev–Trinajstić information content (AvgIpc) is 2.44. The predicted octanol–water partition coefficient (Wildman–Crippen LogP) is 1.95. The van der Waals surface area contributed by atoms with Crippen molar-refractivity contribution in [3.05, 3.63) is 33.8 Å². The van der Waals surface area contributed by atoms with Crippen molar-refractivity contribution in [2.75, 3.05) is 6.54 Å². The quantitative estimate of drug-likeness (QED) is 0.733. The molecule has 1 rings (SSSR count). The van der Waals surface area contributed by atoms with Crippen LogP contribution < -0.4 is 10.6 Å². The van der Waals surface area contributed by atoms with Gasteiger partial charge in [-0.1, -0.05) is 37.0 Å². The van der Waals surface area contributed by atoms with E-state index in [1.807, 2.05) is 0 Å². The normalized spacial score (nSPS) is 11.9. The molecule has 2 amide bonds. The van der Waals surface area contributed by atoms with Gasteiger partial charge in [0, 0.05) is 5.56 Å². The molecule has 22 heavy (non-hydrogen) atoms. The molecule has 0 aliphatic heterocycles. The highest BCUT2D eigenvalue weighted by molar-refractivity contribution is 6.42. The molecule has 0 aliphatic rings. The number of rotatable bonds is 6. The van der Waals surface area contributed by atoms with Gasteiger partial charge in [0.05, 0.1) is 16.6 Å². The lowest BCUT2D eigenvalue weighted by atomic mass is 10.1. The van der Waals surface area contributed by atoms with E-state index in [9.17, 15) is 14.4 Å². The summed E-state index contributed by atoms with van der Waals surface area (Å²) in [5, 5.41) is 14.2. The first-order chi connectivity index (χ1) is 10.2. The topological polar surface area (TPSA) is 95.5 Å². The molecule has 0 aliphatic carbocycles. The van der Waals surface area contributed by atoms with Crippen LogP contribution in [-0.4, -0.2) is 35.5 Å². The summed E-state index contributed by atoms with van der Waals surface area (Å²) in [4.78, 5) is 34.5. The fourth-order valence-corrected chi connectivity index (χ4v) is 1.94. The smallest absolute Gasteiger partial charge is 0.326 e. The van der Waals surface area contributed by atoms with Crippen LogP contribution >= 0.6 is 23.2 Å². The minimum Gasteiger partial charge on any atom is -0.480 e. The number of benzene rings is 1. The molecule has 0 saturated carbocycles. The number of carboxylic acid groups (broad SMARTS) is 1. The molecular weight excluding hydrogens is 331 g/mol. The van der Waals surface area contributed by atoms with Crippen molar-refractivity contribution in [1.82, 2.24) is 10.6 Å². The second-order valence-corrected chi connectivity index (χ2v) is 5.75. The average molecular weight is 347 g/mol. The lowest BCUT2D eigenvalue weighted by Gasteiger charge is -2.18. The van der Waals surface area contributed by atoms with Gasteiger partial charge < -0.3 is 15.7 Å². The number of carboxylic acids is 1. The van der Waals surface area contributed by atoms with Crippen LogP contribution in [-0.2, 0) is 9.59 Å². The molecule has 6 nitrogen and oxygen atoms in total. The highest BCUT2D eigenvalue weighted by Crippen LogP contribution is 2.22. The zero-order chi connectivity index (χ0) is 16.9. The largest absolute Gasteiger partial charge is 0.480 e. The maximum atomic E-state index is 11.9. The Hall–Kier alpha value is -1.79. The van der Waals surface area contributed by atoms with Crippen molar-refractivity contribution in [3.63, 3.8) is 0 Å². The zero-order valence-electron chi connectivity index (χ0n) is 12.0.